The topological polar surface area (TPSA) is 59.9 Å². The van der Waals surface area contributed by atoms with Gasteiger partial charge in [-0.2, -0.15) is 0 Å². The van der Waals surface area contributed by atoms with Crippen LogP contribution in [0.2, 0.25) is 0 Å². The van der Waals surface area contributed by atoms with Gasteiger partial charge in [-0.05, 0) is 24.3 Å². The zero-order valence-electron chi connectivity index (χ0n) is 8.98. The van der Waals surface area contributed by atoms with E-state index in [0.717, 1.165) is 0 Å². The van der Waals surface area contributed by atoms with Gasteiger partial charge in [0.05, 0.1) is 5.69 Å². The summed E-state index contributed by atoms with van der Waals surface area (Å²) in [4.78, 5) is 31.0. The van der Waals surface area contributed by atoms with Crippen LogP contribution in [0.25, 0.3) is 0 Å². The lowest BCUT2D eigenvalue weighted by atomic mass is 9.98. The molecule has 17 heavy (non-hydrogen) atoms. The number of carbonyl (C=O) groups excluding carboxylic acids is 2. The molecule has 1 atom stereocenters. The molecule has 0 radical (unpaired) electrons. The number of nitrogens with zero attached hydrogens (tertiary/aromatic N) is 2. The number of ketones is 1. The molecule has 2 rings (SSSR count). The van der Waals surface area contributed by atoms with Gasteiger partial charge < -0.3 is 4.79 Å². The smallest absolute Gasteiger partial charge is 0.197 e. The van der Waals surface area contributed by atoms with Crippen LogP contribution in [0.15, 0.2) is 48.8 Å². The minimum Gasteiger partial charge on any atom is -0.302 e. The summed E-state index contributed by atoms with van der Waals surface area (Å²) >= 11 is 0. The Bertz CT molecular complexity index is 511. The number of pyridine rings is 2. The van der Waals surface area contributed by atoms with E-state index in [2.05, 4.69) is 9.97 Å². The lowest BCUT2D eigenvalue weighted by Gasteiger charge is -2.07. The van der Waals surface area contributed by atoms with Crippen molar-refractivity contribution >= 4 is 12.1 Å². The number of aldehydes is 1. The monoisotopic (exact) mass is 226 g/mol. The van der Waals surface area contributed by atoms with Crippen molar-refractivity contribution < 1.29 is 9.59 Å². The van der Waals surface area contributed by atoms with Crippen molar-refractivity contribution in [2.24, 2.45) is 0 Å². The number of carbonyl (C=O) groups is 2. The zero-order valence-corrected chi connectivity index (χ0v) is 8.98. The van der Waals surface area contributed by atoms with Crippen LogP contribution < -0.4 is 0 Å². The first-order chi connectivity index (χ1) is 8.33. The van der Waals surface area contributed by atoms with Gasteiger partial charge >= 0.3 is 0 Å². The van der Waals surface area contributed by atoms with Crippen LogP contribution >= 0.6 is 0 Å². The van der Waals surface area contributed by atoms with Crippen molar-refractivity contribution in [3.05, 3.63) is 60.2 Å². The van der Waals surface area contributed by atoms with Crippen molar-refractivity contribution in [3.63, 3.8) is 0 Å². The Kier molecular flexibility index (Phi) is 3.35. The van der Waals surface area contributed by atoms with Gasteiger partial charge in [-0.15, -0.1) is 0 Å². The highest BCUT2D eigenvalue weighted by atomic mass is 16.1. The van der Waals surface area contributed by atoms with Gasteiger partial charge in [0.2, 0.25) is 0 Å². The Balaban J connectivity index is 2.32. The molecule has 0 aliphatic carbocycles. The molecule has 0 amide bonds. The molecule has 2 heterocycles. The van der Waals surface area contributed by atoms with E-state index in [9.17, 15) is 9.59 Å². The second-order valence-corrected chi connectivity index (χ2v) is 3.45. The Morgan fingerprint density at radius 2 is 1.76 bits per heavy atom. The van der Waals surface area contributed by atoms with Crippen molar-refractivity contribution in [2.45, 2.75) is 5.92 Å². The van der Waals surface area contributed by atoms with Crippen LogP contribution in [-0.2, 0) is 4.79 Å². The van der Waals surface area contributed by atoms with Crippen molar-refractivity contribution in [1.82, 2.24) is 9.97 Å². The van der Waals surface area contributed by atoms with Crippen molar-refractivity contribution in [2.75, 3.05) is 0 Å². The molecule has 0 aliphatic heterocycles. The summed E-state index contributed by atoms with van der Waals surface area (Å²) in [5, 5.41) is 0. The summed E-state index contributed by atoms with van der Waals surface area (Å²) in [5.74, 6) is -1.22. The molecule has 2 aromatic rings. The SMILES string of the molecule is O=CC(C(=O)c1ccccn1)c1ccccn1. The summed E-state index contributed by atoms with van der Waals surface area (Å²) in [6.45, 7) is 0. The average Bonchev–Trinajstić information content (AvgIpc) is 2.42. The summed E-state index contributed by atoms with van der Waals surface area (Å²) < 4.78 is 0. The predicted octanol–water partition coefficient (Wildman–Crippen LogP) is 1.64. The maximum absolute atomic E-state index is 12.0. The van der Waals surface area contributed by atoms with Gasteiger partial charge in [0.15, 0.2) is 5.78 Å². The number of Topliss-reactive ketones (excluding diaryl/α,β-unsaturated/α-hetero) is 1. The van der Waals surface area contributed by atoms with E-state index >= 15 is 0 Å². The van der Waals surface area contributed by atoms with Crippen LogP contribution in [0.3, 0.4) is 0 Å². The fourth-order valence-corrected chi connectivity index (χ4v) is 1.49. The Morgan fingerprint density at radius 1 is 1.06 bits per heavy atom. The highest BCUT2D eigenvalue weighted by Crippen LogP contribution is 2.15. The van der Waals surface area contributed by atoms with Gasteiger partial charge in [0.1, 0.15) is 17.9 Å². The minimum absolute atomic E-state index is 0.273. The molecular formula is C13H10N2O2. The van der Waals surface area contributed by atoms with E-state index in [1.165, 1.54) is 6.20 Å². The van der Waals surface area contributed by atoms with Crippen molar-refractivity contribution in [3.8, 4) is 0 Å². The molecule has 4 nitrogen and oxygen atoms in total. The average molecular weight is 226 g/mol. The Hall–Kier alpha value is -2.36. The molecular weight excluding hydrogens is 216 g/mol. The molecule has 2 aromatic heterocycles. The molecule has 4 heteroatoms. The molecule has 0 bridgehead atoms. The fourth-order valence-electron chi connectivity index (χ4n) is 1.49. The first kappa shape index (κ1) is 11.1. The molecule has 0 saturated heterocycles. The third-order valence-corrected chi connectivity index (χ3v) is 2.34. The van der Waals surface area contributed by atoms with Crippen molar-refractivity contribution in [1.29, 1.82) is 0 Å². The van der Waals surface area contributed by atoms with E-state index in [1.54, 1.807) is 42.6 Å². The number of hydrogen-bond acceptors (Lipinski definition) is 4. The predicted molar refractivity (Wildman–Crippen MR) is 61.6 cm³/mol. The van der Waals surface area contributed by atoms with Crippen LogP contribution in [-0.4, -0.2) is 22.0 Å². The van der Waals surface area contributed by atoms with Gasteiger partial charge in [-0.25, -0.2) is 0 Å². The summed E-state index contributed by atoms with van der Waals surface area (Å²) in [5.41, 5.74) is 0.716. The van der Waals surface area contributed by atoms with Gasteiger partial charge in [0.25, 0.3) is 0 Å². The first-order valence-corrected chi connectivity index (χ1v) is 5.14. The molecule has 0 saturated carbocycles. The number of rotatable bonds is 4. The van der Waals surface area contributed by atoms with Gasteiger partial charge in [-0.1, -0.05) is 12.1 Å². The minimum atomic E-state index is -0.883. The number of hydrogen-bond donors (Lipinski definition) is 0. The molecule has 1 unspecified atom stereocenters. The van der Waals surface area contributed by atoms with E-state index in [-0.39, 0.29) is 11.5 Å². The van der Waals surface area contributed by atoms with Crippen LogP contribution in [0.4, 0.5) is 0 Å². The second kappa shape index (κ2) is 5.12. The lowest BCUT2D eigenvalue weighted by molar-refractivity contribution is -0.108. The summed E-state index contributed by atoms with van der Waals surface area (Å²) in [6, 6.07) is 10.1. The van der Waals surface area contributed by atoms with Gasteiger partial charge in [-0.3, -0.25) is 14.8 Å². The van der Waals surface area contributed by atoms with Crippen LogP contribution in [0.1, 0.15) is 22.1 Å². The number of aromatic nitrogens is 2. The molecule has 0 fully saturated rings. The lowest BCUT2D eigenvalue weighted by Crippen LogP contribution is -2.16. The van der Waals surface area contributed by atoms with E-state index in [4.69, 9.17) is 0 Å². The normalized spacial score (nSPS) is 11.8. The summed E-state index contributed by atoms with van der Waals surface area (Å²) in [6.07, 6.45) is 3.67. The fraction of sp³-hybridized carbons (Fsp3) is 0.0769. The van der Waals surface area contributed by atoms with E-state index < -0.39 is 5.92 Å². The first-order valence-electron chi connectivity index (χ1n) is 5.14. The Labute approximate surface area is 98.3 Å². The highest BCUT2D eigenvalue weighted by Gasteiger charge is 2.23. The molecule has 0 aromatic carbocycles. The molecule has 0 aliphatic rings. The quantitative estimate of drug-likeness (QED) is 0.451. The van der Waals surface area contributed by atoms with Crippen LogP contribution in [0.5, 0.6) is 0 Å². The van der Waals surface area contributed by atoms with Gasteiger partial charge in [0, 0.05) is 12.4 Å². The largest absolute Gasteiger partial charge is 0.302 e. The second-order valence-electron chi connectivity index (χ2n) is 3.45. The highest BCUT2D eigenvalue weighted by molar-refractivity contribution is 6.07. The zero-order chi connectivity index (χ0) is 12.1. The van der Waals surface area contributed by atoms with Crippen LogP contribution in [0, 0.1) is 0 Å². The maximum atomic E-state index is 12.0. The molecule has 0 N–H and O–H groups in total. The Morgan fingerprint density at radius 3 is 2.29 bits per heavy atom. The third kappa shape index (κ3) is 2.42. The van der Waals surface area contributed by atoms with E-state index in [1.807, 2.05) is 0 Å². The summed E-state index contributed by atoms with van der Waals surface area (Å²) in [7, 11) is 0. The molecule has 84 valence electrons. The molecule has 0 spiro atoms. The standard InChI is InChI=1S/C13H10N2O2/c16-9-10(11-5-1-3-7-14-11)13(17)12-6-2-4-8-15-12/h1-10H. The third-order valence-electron chi connectivity index (χ3n) is 2.34. The maximum Gasteiger partial charge on any atom is 0.197 e. The van der Waals surface area contributed by atoms with E-state index in [0.29, 0.717) is 12.0 Å².